The van der Waals surface area contributed by atoms with Crippen molar-refractivity contribution in [2.45, 2.75) is 6.54 Å². The molecule has 0 atom stereocenters. The zero-order valence-corrected chi connectivity index (χ0v) is 16.2. The number of thiazole rings is 1. The van der Waals surface area contributed by atoms with Crippen LogP contribution in [0.15, 0.2) is 84.5 Å². The molecule has 142 valence electrons. The molecule has 1 amide bonds. The standard InChI is InChI=1S/C23H17N3O2S/c27-21(16-6-2-1-3-7-16)19-8-4-5-9-20(19)22(28)25-14-18-15-29-23(26-18)17-10-12-24-13-11-17/h1-13,15H,14H2,(H,25,28). The number of nitrogens with one attached hydrogen (secondary N) is 1. The van der Waals surface area contributed by atoms with Crippen molar-refractivity contribution in [2.24, 2.45) is 0 Å². The van der Waals surface area contributed by atoms with Crippen LogP contribution >= 0.6 is 11.3 Å². The maximum absolute atomic E-state index is 12.8. The summed E-state index contributed by atoms with van der Waals surface area (Å²) in [7, 11) is 0. The summed E-state index contributed by atoms with van der Waals surface area (Å²) in [6, 6.07) is 19.6. The Balaban J connectivity index is 1.49. The summed E-state index contributed by atoms with van der Waals surface area (Å²) in [5.74, 6) is -0.478. The van der Waals surface area contributed by atoms with Gasteiger partial charge in [-0.25, -0.2) is 4.98 Å². The highest BCUT2D eigenvalue weighted by molar-refractivity contribution is 7.13. The van der Waals surface area contributed by atoms with Crippen LogP contribution in [-0.4, -0.2) is 21.7 Å². The van der Waals surface area contributed by atoms with E-state index in [0.29, 0.717) is 16.7 Å². The SMILES string of the molecule is O=C(NCc1csc(-c2ccncc2)n1)c1ccccc1C(=O)c1ccccc1. The average molecular weight is 399 g/mol. The third kappa shape index (κ3) is 4.28. The fourth-order valence-electron chi connectivity index (χ4n) is 2.91. The Labute approximate surface area is 172 Å². The molecular formula is C23H17N3O2S. The van der Waals surface area contributed by atoms with Crippen molar-refractivity contribution in [3.63, 3.8) is 0 Å². The highest BCUT2D eigenvalue weighted by Gasteiger charge is 2.18. The van der Waals surface area contributed by atoms with Gasteiger partial charge in [-0.15, -0.1) is 11.3 Å². The molecule has 1 N–H and O–H groups in total. The first-order valence-electron chi connectivity index (χ1n) is 9.04. The second kappa shape index (κ2) is 8.58. The van der Waals surface area contributed by atoms with E-state index in [0.717, 1.165) is 16.3 Å². The minimum atomic E-state index is -0.302. The van der Waals surface area contributed by atoms with E-state index in [1.807, 2.05) is 23.6 Å². The number of benzene rings is 2. The van der Waals surface area contributed by atoms with Crippen molar-refractivity contribution in [1.82, 2.24) is 15.3 Å². The van der Waals surface area contributed by atoms with Crippen molar-refractivity contribution >= 4 is 23.0 Å². The topological polar surface area (TPSA) is 72.0 Å². The molecule has 5 nitrogen and oxygen atoms in total. The van der Waals surface area contributed by atoms with Crippen LogP contribution in [0.1, 0.15) is 32.0 Å². The van der Waals surface area contributed by atoms with E-state index in [-0.39, 0.29) is 18.2 Å². The summed E-state index contributed by atoms with van der Waals surface area (Å²) in [6.45, 7) is 0.286. The number of pyridine rings is 1. The molecule has 0 bridgehead atoms. The Bertz CT molecular complexity index is 1140. The molecular weight excluding hydrogens is 382 g/mol. The molecule has 0 radical (unpaired) electrons. The van der Waals surface area contributed by atoms with Crippen molar-refractivity contribution in [3.8, 4) is 10.6 Å². The molecule has 6 heteroatoms. The fraction of sp³-hybridized carbons (Fsp3) is 0.0435. The van der Waals surface area contributed by atoms with Crippen molar-refractivity contribution in [1.29, 1.82) is 0 Å². The summed E-state index contributed by atoms with van der Waals surface area (Å²) in [4.78, 5) is 34.1. The van der Waals surface area contributed by atoms with E-state index in [9.17, 15) is 9.59 Å². The van der Waals surface area contributed by atoms with Gasteiger partial charge in [-0.05, 0) is 18.2 Å². The zero-order valence-electron chi connectivity index (χ0n) is 15.4. The zero-order chi connectivity index (χ0) is 20.1. The smallest absolute Gasteiger partial charge is 0.252 e. The van der Waals surface area contributed by atoms with Gasteiger partial charge in [-0.3, -0.25) is 14.6 Å². The van der Waals surface area contributed by atoms with Crippen molar-refractivity contribution < 1.29 is 9.59 Å². The van der Waals surface area contributed by atoms with E-state index in [2.05, 4.69) is 15.3 Å². The van der Waals surface area contributed by atoms with E-state index >= 15 is 0 Å². The second-order valence-electron chi connectivity index (χ2n) is 6.30. The number of carbonyl (C=O) groups excluding carboxylic acids is 2. The van der Waals surface area contributed by atoms with E-state index in [1.54, 1.807) is 60.9 Å². The lowest BCUT2D eigenvalue weighted by atomic mass is 9.98. The quantitative estimate of drug-likeness (QED) is 0.489. The Hall–Kier alpha value is -3.64. The van der Waals surface area contributed by atoms with Crippen molar-refractivity contribution in [3.05, 3.63) is 107 Å². The van der Waals surface area contributed by atoms with Gasteiger partial charge in [0.1, 0.15) is 5.01 Å². The van der Waals surface area contributed by atoms with E-state index in [1.165, 1.54) is 11.3 Å². The Morgan fingerprint density at radius 2 is 1.55 bits per heavy atom. The molecule has 4 aromatic rings. The Kier molecular flexibility index (Phi) is 5.54. The molecule has 0 aliphatic carbocycles. The Morgan fingerprint density at radius 1 is 0.862 bits per heavy atom. The number of nitrogens with zero attached hydrogens (tertiary/aromatic N) is 2. The highest BCUT2D eigenvalue weighted by atomic mass is 32.1. The maximum atomic E-state index is 12.8. The number of hydrogen-bond donors (Lipinski definition) is 1. The highest BCUT2D eigenvalue weighted by Crippen LogP contribution is 2.23. The minimum absolute atomic E-state index is 0.176. The molecule has 2 aromatic carbocycles. The summed E-state index contributed by atoms with van der Waals surface area (Å²) in [5.41, 5.74) is 3.04. The van der Waals surface area contributed by atoms with E-state index in [4.69, 9.17) is 0 Å². The van der Waals surface area contributed by atoms with Crippen LogP contribution in [0.2, 0.25) is 0 Å². The molecule has 2 aromatic heterocycles. The maximum Gasteiger partial charge on any atom is 0.252 e. The average Bonchev–Trinajstić information content (AvgIpc) is 3.27. The first-order chi connectivity index (χ1) is 14.2. The molecule has 0 unspecified atom stereocenters. The molecule has 0 saturated heterocycles. The largest absolute Gasteiger partial charge is 0.346 e. The summed E-state index contributed by atoms with van der Waals surface area (Å²) < 4.78 is 0. The van der Waals surface area contributed by atoms with Gasteiger partial charge in [0, 0.05) is 34.5 Å². The molecule has 0 aliphatic heterocycles. The van der Waals surface area contributed by atoms with Crippen LogP contribution < -0.4 is 5.32 Å². The third-order valence-electron chi connectivity index (χ3n) is 4.36. The normalized spacial score (nSPS) is 10.5. The summed E-state index contributed by atoms with van der Waals surface area (Å²) in [5, 5.41) is 5.65. The summed E-state index contributed by atoms with van der Waals surface area (Å²) >= 11 is 1.51. The fourth-order valence-corrected chi connectivity index (χ4v) is 3.73. The second-order valence-corrected chi connectivity index (χ2v) is 7.16. The number of rotatable bonds is 6. The summed E-state index contributed by atoms with van der Waals surface area (Å²) in [6.07, 6.45) is 3.44. The monoisotopic (exact) mass is 399 g/mol. The third-order valence-corrected chi connectivity index (χ3v) is 5.30. The van der Waals surface area contributed by atoms with Gasteiger partial charge in [-0.2, -0.15) is 0 Å². The van der Waals surface area contributed by atoms with Gasteiger partial charge in [0.15, 0.2) is 5.78 Å². The number of hydrogen-bond acceptors (Lipinski definition) is 5. The first kappa shape index (κ1) is 18.7. The lowest BCUT2D eigenvalue weighted by Crippen LogP contribution is -2.25. The van der Waals surface area contributed by atoms with Gasteiger partial charge in [-0.1, -0.05) is 48.5 Å². The number of amides is 1. The van der Waals surface area contributed by atoms with E-state index < -0.39 is 0 Å². The molecule has 4 rings (SSSR count). The predicted octanol–water partition coefficient (Wildman–Crippen LogP) is 4.37. The van der Waals surface area contributed by atoms with Crippen LogP contribution in [0, 0.1) is 0 Å². The molecule has 0 aliphatic rings. The van der Waals surface area contributed by atoms with Gasteiger partial charge in [0.25, 0.3) is 5.91 Å². The predicted molar refractivity (Wildman–Crippen MR) is 113 cm³/mol. The van der Waals surface area contributed by atoms with Crippen LogP contribution in [0.3, 0.4) is 0 Å². The molecule has 0 saturated carbocycles. The molecule has 29 heavy (non-hydrogen) atoms. The van der Waals surface area contributed by atoms with Gasteiger partial charge < -0.3 is 5.32 Å². The lowest BCUT2D eigenvalue weighted by Gasteiger charge is -2.09. The minimum Gasteiger partial charge on any atom is -0.346 e. The van der Waals surface area contributed by atoms with Crippen LogP contribution in [0.5, 0.6) is 0 Å². The lowest BCUT2D eigenvalue weighted by molar-refractivity contribution is 0.0939. The van der Waals surface area contributed by atoms with Gasteiger partial charge in [0.05, 0.1) is 17.8 Å². The van der Waals surface area contributed by atoms with Gasteiger partial charge >= 0.3 is 0 Å². The van der Waals surface area contributed by atoms with Crippen LogP contribution in [0.25, 0.3) is 10.6 Å². The molecule has 0 spiro atoms. The Morgan fingerprint density at radius 3 is 2.31 bits per heavy atom. The molecule has 0 fully saturated rings. The molecule has 2 heterocycles. The number of carbonyl (C=O) groups is 2. The van der Waals surface area contributed by atoms with Gasteiger partial charge in [0.2, 0.25) is 0 Å². The number of ketones is 1. The van der Waals surface area contributed by atoms with Crippen LogP contribution in [0.4, 0.5) is 0 Å². The number of aromatic nitrogens is 2. The first-order valence-corrected chi connectivity index (χ1v) is 9.92. The van der Waals surface area contributed by atoms with Crippen molar-refractivity contribution in [2.75, 3.05) is 0 Å². The van der Waals surface area contributed by atoms with Crippen LogP contribution in [-0.2, 0) is 6.54 Å².